The third-order valence-electron chi connectivity index (χ3n) is 4.50. The van der Waals surface area contributed by atoms with Gasteiger partial charge in [0.05, 0.1) is 5.69 Å². The van der Waals surface area contributed by atoms with Crippen LogP contribution in [-0.2, 0) is 4.79 Å². The summed E-state index contributed by atoms with van der Waals surface area (Å²) in [4.78, 5) is 13.4. The molecule has 0 aliphatic carbocycles. The minimum absolute atomic E-state index is 0.0186. The van der Waals surface area contributed by atoms with Crippen LogP contribution >= 0.6 is 11.6 Å². The standard InChI is InChI=1S/C21H24ClFN2O4/c1-14(26)24-20-7-4-16(23)10-21(20)28-13-17(27)11-25-9-8-19(12-25)29-18-5-2-15(22)3-6-18/h2-7,10,17,19,27H,8-9,11-13H2,1H3,(H,24,26)/t17?,19-/m1/s1. The lowest BCUT2D eigenvalue weighted by Crippen LogP contribution is -2.35. The van der Waals surface area contributed by atoms with Gasteiger partial charge in [-0.1, -0.05) is 11.6 Å². The molecule has 156 valence electrons. The molecule has 1 aliphatic rings. The van der Waals surface area contributed by atoms with E-state index in [0.29, 0.717) is 23.8 Å². The van der Waals surface area contributed by atoms with Gasteiger partial charge in [-0.15, -0.1) is 0 Å². The Hall–Kier alpha value is -2.35. The Morgan fingerprint density at radius 1 is 1.34 bits per heavy atom. The lowest BCUT2D eigenvalue weighted by Gasteiger charge is -2.21. The molecule has 2 aromatic rings. The zero-order valence-electron chi connectivity index (χ0n) is 16.1. The molecule has 2 N–H and O–H groups in total. The van der Waals surface area contributed by atoms with Gasteiger partial charge < -0.3 is 19.9 Å². The fraction of sp³-hybridized carbons (Fsp3) is 0.381. The van der Waals surface area contributed by atoms with Crippen molar-refractivity contribution in [3.8, 4) is 11.5 Å². The second-order valence-corrected chi connectivity index (χ2v) is 7.46. The van der Waals surface area contributed by atoms with Crippen molar-refractivity contribution in [1.82, 2.24) is 4.90 Å². The molecule has 6 nitrogen and oxygen atoms in total. The van der Waals surface area contributed by atoms with Crippen LogP contribution in [0, 0.1) is 5.82 Å². The number of benzene rings is 2. The summed E-state index contributed by atoms with van der Waals surface area (Å²) in [6.45, 7) is 3.24. The molecule has 2 aromatic carbocycles. The predicted octanol–water partition coefficient (Wildman–Crippen LogP) is 3.33. The van der Waals surface area contributed by atoms with Crippen LogP contribution in [0.5, 0.6) is 11.5 Å². The Morgan fingerprint density at radius 2 is 2.10 bits per heavy atom. The van der Waals surface area contributed by atoms with Crippen molar-refractivity contribution < 1.29 is 23.8 Å². The van der Waals surface area contributed by atoms with E-state index in [4.69, 9.17) is 21.1 Å². The van der Waals surface area contributed by atoms with Crippen molar-refractivity contribution in [2.45, 2.75) is 25.6 Å². The number of anilines is 1. The number of hydrogen-bond donors (Lipinski definition) is 2. The maximum atomic E-state index is 13.5. The highest BCUT2D eigenvalue weighted by Crippen LogP contribution is 2.26. The van der Waals surface area contributed by atoms with Crippen LogP contribution in [0.1, 0.15) is 13.3 Å². The van der Waals surface area contributed by atoms with E-state index >= 15 is 0 Å². The highest BCUT2D eigenvalue weighted by atomic mass is 35.5. The fourth-order valence-corrected chi connectivity index (χ4v) is 3.34. The Balaban J connectivity index is 1.46. The summed E-state index contributed by atoms with van der Waals surface area (Å²) in [6.07, 6.45) is 0.129. The van der Waals surface area contributed by atoms with E-state index < -0.39 is 11.9 Å². The van der Waals surface area contributed by atoms with Gasteiger partial charge in [-0.2, -0.15) is 0 Å². The van der Waals surface area contributed by atoms with Crippen molar-refractivity contribution in [3.05, 3.63) is 53.3 Å². The van der Waals surface area contributed by atoms with E-state index in [2.05, 4.69) is 10.2 Å². The molecule has 0 radical (unpaired) electrons. The van der Waals surface area contributed by atoms with Crippen LogP contribution in [0.15, 0.2) is 42.5 Å². The minimum Gasteiger partial charge on any atom is -0.489 e. The van der Waals surface area contributed by atoms with E-state index in [1.54, 1.807) is 12.1 Å². The highest BCUT2D eigenvalue weighted by Gasteiger charge is 2.26. The zero-order chi connectivity index (χ0) is 20.8. The topological polar surface area (TPSA) is 71.0 Å². The number of aliphatic hydroxyl groups excluding tert-OH is 1. The predicted molar refractivity (Wildman–Crippen MR) is 109 cm³/mol. The fourth-order valence-electron chi connectivity index (χ4n) is 3.21. The van der Waals surface area contributed by atoms with Crippen molar-refractivity contribution in [1.29, 1.82) is 0 Å². The summed E-state index contributed by atoms with van der Waals surface area (Å²) >= 11 is 5.88. The SMILES string of the molecule is CC(=O)Nc1ccc(F)cc1OCC(O)CN1CC[C@@H](Oc2ccc(Cl)cc2)C1. The van der Waals surface area contributed by atoms with E-state index in [-0.39, 0.29) is 24.4 Å². The third-order valence-corrected chi connectivity index (χ3v) is 4.75. The number of rotatable bonds is 8. The monoisotopic (exact) mass is 422 g/mol. The molecule has 1 amide bonds. The number of aliphatic hydroxyl groups is 1. The molecular formula is C21H24ClFN2O4. The van der Waals surface area contributed by atoms with E-state index in [1.165, 1.54) is 25.1 Å². The number of hydrogen-bond acceptors (Lipinski definition) is 5. The Morgan fingerprint density at radius 3 is 2.83 bits per heavy atom. The number of β-amino-alcohol motifs (C(OH)–C–C–N with tert-alkyl or cyclic N) is 1. The lowest BCUT2D eigenvalue weighted by atomic mass is 10.2. The molecule has 0 bridgehead atoms. The minimum atomic E-state index is -0.766. The average Bonchev–Trinajstić information content (AvgIpc) is 3.10. The maximum Gasteiger partial charge on any atom is 0.221 e. The highest BCUT2D eigenvalue weighted by molar-refractivity contribution is 6.30. The number of amides is 1. The second kappa shape index (κ2) is 9.91. The number of halogens is 2. The van der Waals surface area contributed by atoms with E-state index in [0.717, 1.165) is 18.7 Å². The summed E-state index contributed by atoms with van der Waals surface area (Å²) in [7, 11) is 0. The Kier molecular flexibility index (Phi) is 7.30. The molecule has 1 fully saturated rings. The molecule has 0 aromatic heterocycles. The number of carbonyl (C=O) groups excluding carboxylic acids is 1. The molecule has 0 spiro atoms. The number of carbonyl (C=O) groups is 1. The molecule has 8 heteroatoms. The lowest BCUT2D eigenvalue weighted by molar-refractivity contribution is -0.114. The van der Waals surface area contributed by atoms with Gasteiger partial charge in [-0.3, -0.25) is 9.69 Å². The van der Waals surface area contributed by atoms with Crippen LogP contribution in [0.25, 0.3) is 0 Å². The molecule has 1 unspecified atom stereocenters. The summed E-state index contributed by atoms with van der Waals surface area (Å²) in [5.74, 6) is 0.183. The van der Waals surface area contributed by atoms with Gasteiger partial charge in [0.25, 0.3) is 0 Å². The Bertz CT molecular complexity index is 834. The van der Waals surface area contributed by atoms with Crippen molar-refractivity contribution >= 4 is 23.2 Å². The maximum absolute atomic E-state index is 13.5. The van der Waals surface area contributed by atoms with E-state index in [1.807, 2.05) is 12.1 Å². The summed E-state index contributed by atoms with van der Waals surface area (Å²) < 4.78 is 25.0. The largest absolute Gasteiger partial charge is 0.489 e. The van der Waals surface area contributed by atoms with Crippen LogP contribution in [0.3, 0.4) is 0 Å². The van der Waals surface area contributed by atoms with Crippen LogP contribution in [-0.4, -0.2) is 54.4 Å². The zero-order valence-corrected chi connectivity index (χ0v) is 16.9. The number of nitrogens with one attached hydrogen (secondary N) is 1. The average molecular weight is 423 g/mol. The van der Waals surface area contributed by atoms with Gasteiger partial charge in [0.2, 0.25) is 5.91 Å². The van der Waals surface area contributed by atoms with Gasteiger partial charge in [0.15, 0.2) is 0 Å². The van der Waals surface area contributed by atoms with Gasteiger partial charge >= 0.3 is 0 Å². The molecule has 1 aliphatic heterocycles. The van der Waals surface area contributed by atoms with Gasteiger partial charge in [-0.25, -0.2) is 4.39 Å². The smallest absolute Gasteiger partial charge is 0.221 e. The molecule has 1 heterocycles. The number of nitrogens with zero attached hydrogens (tertiary/aromatic N) is 1. The normalized spacial score (nSPS) is 17.7. The summed E-state index contributed by atoms with van der Waals surface area (Å²) in [5, 5.41) is 13.6. The number of ether oxygens (including phenoxy) is 2. The van der Waals surface area contributed by atoms with Gasteiger partial charge in [-0.05, 0) is 42.8 Å². The molecule has 1 saturated heterocycles. The van der Waals surface area contributed by atoms with Gasteiger partial charge in [0.1, 0.15) is 36.1 Å². The number of likely N-dealkylation sites (tertiary alicyclic amines) is 1. The first-order valence-electron chi connectivity index (χ1n) is 9.41. The molecular weight excluding hydrogens is 399 g/mol. The summed E-state index contributed by atoms with van der Waals surface area (Å²) in [6, 6.07) is 11.1. The quantitative estimate of drug-likeness (QED) is 0.682. The molecule has 3 rings (SSSR count). The van der Waals surface area contributed by atoms with E-state index in [9.17, 15) is 14.3 Å². The first-order valence-corrected chi connectivity index (χ1v) is 9.79. The molecule has 0 saturated carbocycles. The van der Waals surface area contributed by atoms with Crippen LogP contribution in [0.4, 0.5) is 10.1 Å². The van der Waals surface area contributed by atoms with Crippen LogP contribution < -0.4 is 14.8 Å². The molecule has 2 atom stereocenters. The van der Waals surface area contributed by atoms with Gasteiger partial charge in [0, 0.05) is 37.6 Å². The van der Waals surface area contributed by atoms with Crippen molar-refractivity contribution in [2.75, 3.05) is 31.6 Å². The van der Waals surface area contributed by atoms with Crippen molar-refractivity contribution in [3.63, 3.8) is 0 Å². The van der Waals surface area contributed by atoms with Crippen LogP contribution in [0.2, 0.25) is 5.02 Å². The first kappa shape index (κ1) is 21.4. The molecule has 29 heavy (non-hydrogen) atoms. The Labute approximate surface area is 174 Å². The summed E-state index contributed by atoms with van der Waals surface area (Å²) in [5.41, 5.74) is 0.365. The first-order chi connectivity index (χ1) is 13.9. The second-order valence-electron chi connectivity index (χ2n) is 7.03. The van der Waals surface area contributed by atoms with Crippen molar-refractivity contribution in [2.24, 2.45) is 0 Å². The third kappa shape index (κ3) is 6.59.